The van der Waals surface area contributed by atoms with E-state index in [-0.39, 0.29) is 17.3 Å². The number of hydrogen-bond donors (Lipinski definition) is 1. The van der Waals surface area contributed by atoms with Gasteiger partial charge in [0.05, 0.1) is 18.1 Å². The van der Waals surface area contributed by atoms with Gasteiger partial charge in [-0.25, -0.2) is 12.8 Å². The van der Waals surface area contributed by atoms with E-state index in [2.05, 4.69) is 5.32 Å². The number of benzene rings is 2. The lowest BCUT2D eigenvalue weighted by Gasteiger charge is -2.33. The highest BCUT2D eigenvalue weighted by atomic mass is 32.2. The van der Waals surface area contributed by atoms with Gasteiger partial charge >= 0.3 is 0 Å². The molecule has 3 rings (SSSR count). The van der Waals surface area contributed by atoms with Gasteiger partial charge in [-0.1, -0.05) is 12.5 Å². The van der Waals surface area contributed by atoms with Crippen LogP contribution in [0.5, 0.6) is 11.5 Å². The monoisotopic (exact) mass is 478 g/mol. The van der Waals surface area contributed by atoms with E-state index in [0.29, 0.717) is 50.5 Å². The predicted molar refractivity (Wildman–Crippen MR) is 123 cm³/mol. The van der Waals surface area contributed by atoms with Crippen LogP contribution in [-0.2, 0) is 21.2 Å². The molecule has 7 nitrogen and oxygen atoms in total. The van der Waals surface area contributed by atoms with Gasteiger partial charge in [-0.3, -0.25) is 4.79 Å². The third kappa shape index (κ3) is 6.23. The molecule has 1 N–H and O–H groups in total. The molecule has 1 heterocycles. The van der Waals surface area contributed by atoms with Crippen molar-refractivity contribution in [1.29, 1.82) is 0 Å². The molecule has 1 unspecified atom stereocenters. The Kier molecular flexibility index (Phi) is 8.68. The van der Waals surface area contributed by atoms with E-state index in [1.165, 1.54) is 16.4 Å². The van der Waals surface area contributed by atoms with Gasteiger partial charge in [0, 0.05) is 13.1 Å². The Hall–Kier alpha value is -2.65. The van der Waals surface area contributed by atoms with Crippen molar-refractivity contribution in [1.82, 2.24) is 9.62 Å². The molecule has 1 aliphatic rings. The van der Waals surface area contributed by atoms with Gasteiger partial charge in [0.15, 0.2) is 11.5 Å². The third-order valence-corrected chi connectivity index (χ3v) is 7.42. The number of nitrogens with zero attached hydrogens (tertiary/aromatic N) is 1. The van der Waals surface area contributed by atoms with Crippen LogP contribution in [0.1, 0.15) is 38.7 Å². The summed E-state index contributed by atoms with van der Waals surface area (Å²) in [5, 5.41) is 2.88. The minimum atomic E-state index is -3.90. The number of amides is 1. The Morgan fingerprint density at radius 2 is 1.76 bits per heavy atom. The Morgan fingerprint density at radius 1 is 1.06 bits per heavy atom. The number of carbonyl (C=O) groups is 1. The Morgan fingerprint density at radius 3 is 2.45 bits per heavy atom. The molecule has 1 saturated heterocycles. The largest absolute Gasteiger partial charge is 0.490 e. The summed E-state index contributed by atoms with van der Waals surface area (Å²) >= 11 is 0. The predicted octanol–water partition coefficient (Wildman–Crippen LogP) is 3.53. The molecule has 0 aromatic heterocycles. The average Bonchev–Trinajstić information content (AvgIpc) is 2.81. The smallest absolute Gasteiger partial charge is 0.243 e. The molecule has 0 radical (unpaired) electrons. The first kappa shape index (κ1) is 25.0. The summed E-state index contributed by atoms with van der Waals surface area (Å²) in [4.78, 5) is 12.9. The summed E-state index contributed by atoms with van der Waals surface area (Å²) in [6.45, 7) is 5.48. The van der Waals surface area contributed by atoms with E-state index in [1.807, 2.05) is 32.0 Å². The third-order valence-electron chi connectivity index (χ3n) is 5.50. The highest BCUT2D eigenvalue weighted by molar-refractivity contribution is 7.89. The second-order valence-electron chi connectivity index (χ2n) is 7.77. The fourth-order valence-corrected chi connectivity index (χ4v) is 5.55. The van der Waals surface area contributed by atoms with E-state index in [0.717, 1.165) is 24.1 Å². The Bertz CT molecular complexity index is 1040. The van der Waals surface area contributed by atoms with Gasteiger partial charge in [-0.15, -0.1) is 0 Å². The van der Waals surface area contributed by atoms with Gasteiger partial charge < -0.3 is 14.8 Å². The van der Waals surface area contributed by atoms with Crippen LogP contribution in [0.2, 0.25) is 0 Å². The van der Waals surface area contributed by atoms with Crippen LogP contribution >= 0.6 is 0 Å². The molecule has 0 spiro atoms. The van der Waals surface area contributed by atoms with E-state index >= 15 is 0 Å². The number of hydrogen-bond acceptors (Lipinski definition) is 5. The first-order valence-electron chi connectivity index (χ1n) is 11.3. The molecule has 180 valence electrons. The molecule has 1 amide bonds. The number of ether oxygens (including phenoxy) is 2. The van der Waals surface area contributed by atoms with Crippen LogP contribution < -0.4 is 14.8 Å². The zero-order valence-electron chi connectivity index (χ0n) is 19.1. The van der Waals surface area contributed by atoms with Crippen molar-refractivity contribution >= 4 is 15.9 Å². The molecule has 0 saturated carbocycles. The van der Waals surface area contributed by atoms with Gasteiger partial charge in [0.25, 0.3) is 0 Å². The van der Waals surface area contributed by atoms with E-state index in [1.54, 1.807) is 0 Å². The number of nitrogens with one attached hydrogen (secondary N) is 1. The molecule has 2 aromatic carbocycles. The number of rotatable bonds is 10. The van der Waals surface area contributed by atoms with Crippen molar-refractivity contribution in [3.8, 4) is 11.5 Å². The molecule has 0 bridgehead atoms. The first-order valence-corrected chi connectivity index (χ1v) is 12.7. The van der Waals surface area contributed by atoms with Gasteiger partial charge in [-0.05, 0) is 75.1 Å². The van der Waals surface area contributed by atoms with E-state index in [9.17, 15) is 17.6 Å². The maximum absolute atomic E-state index is 13.2. The van der Waals surface area contributed by atoms with Crippen LogP contribution in [0.25, 0.3) is 0 Å². The van der Waals surface area contributed by atoms with Crippen LogP contribution in [0, 0.1) is 5.82 Å². The summed E-state index contributed by atoms with van der Waals surface area (Å²) in [5.41, 5.74) is 0.974. The topological polar surface area (TPSA) is 84.9 Å². The number of sulfonamides is 1. The Balaban J connectivity index is 1.65. The fourth-order valence-electron chi connectivity index (χ4n) is 3.90. The number of piperidine rings is 1. The summed E-state index contributed by atoms with van der Waals surface area (Å²) in [6.07, 6.45) is 2.46. The highest BCUT2D eigenvalue weighted by Crippen LogP contribution is 2.29. The van der Waals surface area contributed by atoms with Crippen molar-refractivity contribution in [2.75, 3.05) is 26.3 Å². The normalized spacial score (nSPS) is 16.9. The molecular formula is C24H31FN2O5S. The molecule has 1 atom stereocenters. The number of halogens is 1. The van der Waals surface area contributed by atoms with Crippen LogP contribution in [-0.4, -0.2) is 51.0 Å². The molecule has 1 aliphatic heterocycles. The van der Waals surface area contributed by atoms with Crippen molar-refractivity contribution in [3.05, 3.63) is 53.8 Å². The second kappa shape index (κ2) is 11.5. The summed E-state index contributed by atoms with van der Waals surface area (Å²) in [6, 6.07) is 9.57. The first-order chi connectivity index (χ1) is 15.9. The van der Waals surface area contributed by atoms with E-state index in [4.69, 9.17) is 9.47 Å². The van der Waals surface area contributed by atoms with Crippen LogP contribution in [0.15, 0.2) is 47.4 Å². The minimum Gasteiger partial charge on any atom is -0.490 e. The van der Waals surface area contributed by atoms with Crippen LogP contribution in [0.3, 0.4) is 0 Å². The molecule has 0 aliphatic carbocycles. The van der Waals surface area contributed by atoms with E-state index < -0.39 is 21.9 Å². The van der Waals surface area contributed by atoms with Crippen molar-refractivity contribution in [2.45, 2.75) is 50.5 Å². The molecule has 2 aromatic rings. The lowest BCUT2D eigenvalue weighted by Crippen LogP contribution is -2.52. The molecule has 9 heteroatoms. The lowest BCUT2D eigenvalue weighted by atomic mass is 10.0. The summed E-state index contributed by atoms with van der Waals surface area (Å²) in [7, 11) is -3.90. The summed E-state index contributed by atoms with van der Waals surface area (Å²) < 4.78 is 51.9. The zero-order valence-corrected chi connectivity index (χ0v) is 19.9. The maximum atomic E-state index is 13.2. The summed E-state index contributed by atoms with van der Waals surface area (Å²) in [5.74, 6) is 0.503. The van der Waals surface area contributed by atoms with Gasteiger partial charge in [-0.2, -0.15) is 4.31 Å². The fraction of sp³-hybridized carbons (Fsp3) is 0.458. The van der Waals surface area contributed by atoms with Crippen molar-refractivity contribution < 1.29 is 27.1 Å². The van der Waals surface area contributed by atoms with Gasteiger partial charge in [0.2, 0.25) is 15.9 Å². The highest BCUT2D eigenvalue weighted by Gasteiger charge is 2.37. The lowest BCUT2D eigenvalue weighted by molar-refractivity contribution is -0.125. The molecular weight excluding hydrogens is 447 g/mol. The van der Waals surface area contributed by atoms with Crippen molar-refractivity contribution in [3.63, 3.8) is 0 Å². The number of carbonyl (C=O) groups excluding carboxylic acids is 1. The molecule has 33 heavy (non-hydrogen) atoms. The van der Waals surface area contributed by atoms with Crippen molar-refractivity contribution in [2.24, 2.45) is 0 Å². The quantitative estimate of drug-likeness (QED) is 0.565. The Labute approximate surface area is 194 Å². The van der Waals surface area contributed by atoms with Crippen LogP contribution in [0.4, 0.5) is 4.39 Å². The zero-order chi connectivity index (χ0) is 23.8. The maximum Gasteiger partial charge on any atom is 0.243 e. The second-order valence-corrected chi connectivity index (χ2v) is 9.66. The van der Waals surface area contributed by atoms with Gasteiger partial charge in [0.1, 0.15) is 11.9 Å². The average molecular weight is 479 g/mol. The minimum absolute atomic E-state index is 0.0126. The SMILES string of the molecule is CCOc1ccc(CCNC(=O)C2CCCCN2S(=O)(=O)c2ccc(F)cc2)cc1OCC. The molecule has 1 fully saturated rings. The standard InChI is InChI=1S/C24H31FN2O5S/c1-3-31-22-13-8-18(17-23(22)32-4-2)14-15-26-24(28)21-7-5-6-16-27(21)33(29,30)20-11-9-19(25)10-12-20/h8-13,17,21H,3-7,14-16H2,1-2H3,(H,26,28).